The van der Waals surface area contributed by atoms with Gasteiger partial charge in [-0.1, -0.05) is 30.3 Å². The smallest absolute Gasteiger partial charge is 0.244 e. The first-order chi connectivity index (χ1) is 13.6. The van der Waals surface area contributed by atoms with Crippen molar-refractivity contribution in [1.29, 1.82) is 0 Å². The van der Waals surface area contributed by atoms with Gasteiger partial charge in [0.25, 0.3) is 0 Å². The number of hydrogen-bond acceptors (Lipinski definition) is 3. The van der Waals surface area contributed by atoms with Crippen LogP contribution in [0.5, 0.6) is 5.75 Å². The van der Waals surface area contributed by atoms with Gasteiger partial charge in [0.1, 0.15) is 23.9 Å². The van der Waals surface area contributed by atoms with Crippen molar-refractivity contribution in [3.05, 3.63) is 78.6 Å². The van der Waals surface area contributed by atoms with Crippen molar-refractivity contribution in [2.45, 2.75) is 6.54 Å². The third kappa shape index (κ3) is 3.57. The predicted octanol–water partition coefficient (Wildman–Crippen LogP) is 4.49. The Balaban J connectivity index is 1.71. The molecule has 140 valence electrons. The lowest BCUT2D eigenvalue weighted by Gasteiger charge is -2.11. The molecule has 1 heterocycles. The van der Waals surface area contributed by atoms with Gasteiger partial charge in [-0.3, -0.25) is 4.79 Å². The zero-order valence-corrected chi connectivity index (χ0v) is 15.2. The van der Waals surface area contributed by atoms with Gasteiger partial charge in [-0.05, 0) is 42.5 Å². The summed E-state index contributed by atoms with van der Waals surface area (Å²) in [5.74, 6) is 0.704. The number of hydrogen-bond donors (Lipinski definition) is 1. The summed E-state index contributed by atoms with van der Waals surface area (Å²) in [6.07, 6.45) is 0. The van der Waals surface area contributed by atoms with Crippen molar-refractivity contribution in [2.24, 2.45) is 0 Å². The van der Waals surface area contributed by atoms with E-state index < -0.39 is 5.82 Å². The first-order valence-electron chi connectivity index (χ1n) is 8.79. The monoisotopic (exact) mass is 375 g/mol. The molecule has 1 N–H and O–H groups in total. The number of fused-ring (bicyclic) bond motifs is 1. The molecule has 5 nitrogen and oxygen atoms in total. The second-order valence-electron chi connectivity index (χ2n) is 6.30. The molecule has 1 amide bonds. The van der Waals surface area contributed by atoms with E-state index in [2.05, 4.69) is 5.32 Å². The average molecular weight is 375 g/mol. The highest BCUT2D eigenvalue weighted by atomic mass is 19.1. The standard InChI is InChI=1S/C22H18FN3O2/c1-28-18-9-4-6-15(12-18)22-25-19-10-2-3-11-20(19)26(22)14-21(27)24-17-8-5-7-16(23)13-17/h2-13H,14H2,1H3,(H,24,27). The van der Waals surface area contributed by atoms with Crippen LogP contribution in [0.1, 0.15) is 0 Å². The first-order valence-corrected chi connectivity index (χ1v) is 8.79. The van der Waals surface area contributed by atoms with Crippen LogP contribution in [0.2, 0.25) is 0 Å². The fourth-order valence-corrected chi connectivity index (χ4v) is 3.13. The van der Waals surface area contributed by atoms with Crippen molar-refractivity contribution >= 4 is 22.6 Å². The summed E-state index contributed by atoms with van der Waals surface area (Å²) in [5, 5.41) is 2.73. The predicted molar refractivity (Wildman–Crippen MR) is 107 cm³/mol. The fraction of sp³-hybridized carbons (Fsp3) is 0.0909. The molecule has 0 saturated heterocycles. The Morgan fingerprint density at radius 3 is 2.71 bits per heavy atom. The average Bonchev–Trinajstić information content (AvgIpc) is 3.06. The molecule has 6 heteroatoms. The highest BCUT2D eigenvalue weighted by Crippen LogP contribution is 2.27. The Hall–Kier alpha value is -3.67. The van der Waals surface area contributed by atoms with Crippen LogP contribution in [-0.4, -0.2) is 22.6 Å². The molecule has 0 bridgehead atoms. The van der Waals surface area contributed by atoms with E-state index in [1.54, 1.807) is 19.2 Å². The van der Waals surface area contributed by atoms with E-state index in [1.807, 2.05) is 53.1 Å². The Labute approximate surface area is 161 Å². The van der Waals surface area contributed by atoms with Crippen molar-refractivity contribution < 1.29 is 13.9 Å². The fourth-order valence-electron chi connectivity index (χ4n) is 3.13. The van der Waals surface area contributed by atoms with Crippen LogP contribution in [0.4, 0.5) is 10.1 Å². The number of para-hydroxylation sites is 2. The third-order valence-electron chi connectivity index (χ3n) is 4.39. The van der Waals surface area contributed by atoms with Gasteiger partial charge in [-0.25, -0.2) is 9.37 Å². The molecule has 0 aliphatic heterocycles. The summed E-state index contributed by atoms with van der Waals surface area (Å²) in [5.41, 5.74) is 2.89. The maximum absolute atomic E-state index is 13.4. The largest absolute Gasteiger partial charge is 0.497 e. The number of nitrogens with one attached hydrogen (secondary N) is 1. The van der Waals surface area contributed by atoms with Gasteiger partial charge in [0.05, 0.1) is 18.1 Å². The zero-order valence-electron chi connectivity index (χ0n) is 15.2. The van der Waals surface area contributed by atoms with E-state index in [9.17, 15) is 9.18 Å². The normalized spacial score (nSPS) is 10.8. The maximum atomic E-state index is 13.4. The molecule has 0 aliphatic carbocycles. The van der Waals surface area contributed by atoms with Gasteiger partial charge in [0.2, 0.25) is 5.91 Å². The minimum absolute atomic E-state index is 0.0452. The topological polar surface area (TPSA) is 56.2 Å². The summed E-state index contributed by atoms with van der Waals surface area (Å²) in [6, 6.07) is 21.0. The quantitative estimate of drug-likeness (QED) is 0.559. The molecule has 0 unspecified atom stereocenters. The van der Waals surface area contributed by atoms with Crippen LogP contribution in [0.3, 0.4) is 0 Å². The number of carbonyl (C=O) groups is 1. The van der Waals surface area contributed by atoms with Crippen LogP contribution in [0, 0.1) is 5.82 Å². The number of halogens is 1. The van der Waals surface area contributed by atoms with E-state index in [-0.39, 0.29) is 12.5 Å². The van der Waals surface area contributed by atoms with Crippen LogP contribution in [-0.2, 0) is 11.3 Å². The summed E-state index contributed by atoms with van der Waals surface area (Å²) in [4.78, 5) is 17.3. The third-order valence-corrected chi connectivity index (χ3v) is 4.39. The number of nitrogens with zero attached hydrogens (tertiary/aromatic N) is 2. The van der Waals surface area contributed by atoms with Crippen LogP contribution < -0.4 is 10.1 Å². The Kier molecular flexibility index (Phi) is 4.76. The molecule has 4 aromatic rings. The number of imidazole rings is 1. The summed E-state index contributed by atoms with van der Waals surface area (Å²) >= 11 is 0. The van der Waals surface area contributed by atoms with Gasteiger partial charge in [-0.15, -0.1) is 0 Å². The molecule has 1 aromatic heterocycles. The molecule has 3 aromatic carbocycles. The van der Waals surface area contributed by atoms with Gasteiger partial charge in [0.15, 0.2) is 0 Å². The lowest BCUT2D eigenvalue weighted by molar-refractivity contribution is -0.116. The van der Waals surface area contributed by atoms with E-state index >= 15 is 0 Å². The summed E-state index contributed by atoms with van der Waals surface area (Å²) in [7, 11) is 1.61. The molecule has 28 heavy (non-hydrogen) atoms. The second kappa shape index (κ2) is 7.52. The van der Waals surface area contributed by atoms with Crippen LogP contribution in [0.15, 0.2) is 72.8 Å². The molecule has 0 atom stereocenters. The van der Waals surface area contributed by atoms with E-state index in [0.29, 0.717) is 17.3 Å². The number of benzene rings is 3. The molecule has 0 saturated carbocycles. The van der Waals surface area contributed by atoms with Crippen molar-refractivity contribution in [2.75, 3.05) is 12.4 Å². The maximum Gasteiger partial charge on any atom is 0.244 e. The van der Waals surface area contributed by atoms with E-state index in [0.717, 1.165) is 16.6 Å². The summed E-state index contributed by atoms with van der Waals surface area (Å²) < 4.78 is 20.5. The lowest BCUT2D eigenvalue weighted by Crippen LogP contribution is -2.19. The molecule has 0 spiro atoms. The van der Waals surface area contributed by atoms with Crippen molar-refractivity contribution in [1.82, 2.24) is 9.55 Å². The Bertz CT molecular complexity index is 1150. The van der Waals surface area contributed by atoms with Gasteiger partial charge >= 0.3 is 0 Å². The van der Waals surface area contributed by atoms with Crippen molar-refractivity contribution in [3.8, 4) is 17.1 Å². The highest BCUT2D eigenvalue weighted by Gasteiger charge is 2.16. The summed E-state index contributed by atoms with van der Waals surface area (Å²) in [6.45, 7) is 0.0452. The van der Waals surface area contributed by atoms with Gasteiger partial charge in [-0.2, -0.15) is 0 Å². The molecular weight excluding hydrogens is 357 g/mol. The first kappa shape index (κ1) is 17.7. The van der Waals surface area contributed by atoms with Crippen LogP contribution in [0.25, 0.3) is 22.4 Å². The number of carbonyl (C=O) groups excluding carboxylic acids is 1. The van der Waals surface area contributed by atoms with E-state index in [4.69, 9.17) is 9.72 Å². The SMILES string of the molecule is COc1cccc(-c2nc3ccccc3n2CC(=O)Nc2cccc(F)c2)c1. The second-order valence-corrected chi connectivity index (χ2v) is 6.30. The molecular formula is C22H18FN3O2. The number of anilines is 1. The highest BCUT2D eigenvalue weighted by molar-refractivity contribution is 5.92. The zero-order chi connectivity index (χ0) is 19.5. The number of ether oxygens (including phenoxy) is 1. The molecule has 0 aliphatic rings. The van der Waals surface area contributed by atoms with Crippen LogP contribution >= 0.6 is 0 Å². The Morgan fingerprint density at radius 2 is 1.89 bits per heavy atom. The minimum Gasteiger partial charge on any atom is -0.497 e. The van der Waals surface area contributed by atoms with Gasteiger partial charge < -0.3 is 14.6 Å². The number of methoxy groups -OCH3 is 1. The number of rotatable bonds is 5. The number of aromatic nitrogens is 2. The lowest BCUT2D eigenvalue weighted by atomic mass is 10.2. The molecule has 0 radical (unpaired) electrons. The molecule has 0 fully saturated rings. The van der Waals surface area contributed by atoms with Crippen molar-refractivity contribution in [3.63, 3.8) is 0 Å². The van der Waals surface area contributed by atoms with E-state index in [1.165, 1.54) is 12.1 Å². The van der Waals surface area contributed by atoms with Gasteiger partial charge in [0, 0.05) is 11.3 Å². The number of amides is 1. The Morgan fingerprint density at radius 1 is 1.07 bits per heavy atom. The molecule has 4 rings (SSSR count). The minimum atomic E-state index is -0.400.